The Morgan fingerprint density at radius 1 is 1.75 bits per heavy atom. The molecule has 0 rings (SSSR count). The summed E-state index contributed by atoms with van der Waals surface area (Å²) in [5.41, 5.74) is 0. The average molecular weight is 240 g/mol. The van der Waals surface area contributed by atoms with Crippen molar-refractivity contribution in [3.63, 3.8) is 0 Å². The first-order chi connectivity index (χ1) is 3.48. The Morgan fingerprint density at radius 2 is 2.12 bits per heavy atom. The van der Waals surface area contributed by atoms with Gasteiger partial charge >= 0.3 is 0 Å². The highest BCUT2D eigenvalue weighted by Gasteiger charge is 2.23. The molecule has 0 bridgehead atoms. The molecule has 50 valence electrons. The summed E-state index contributed by atoms with van der Waals surface area (Å²) in [6.45, 7) is 1.86. The third-order valence-corrected chi connectivity index (χ3v) is 6.89. The van der Waals surface area contributed by atoms with Crippen LogP contribution in [0.3, 0.4) is 0 Å². The molecule has 0 N–H and O–H groups in total. The quantitative estimate of drug-likeness (QED) is 0.530. The summed E-state index contributed by atoms with van der Waals surface area (Å²) in [7, 11) is 0. The minimum Gasteiger partial charge on any atom is -0.288 e. The fourth-order valence-electron chi connectivity index (χ4n) is 0.213. The molecule has 0 spiro atoms. The van der Waals surface area contributed by atoms with Gasteiger partial charge in [-0.2, -0.15) is 0 Å². The van der Waals surface area contributed by atoms with Gasteiger partial charge in [-0.25, -0.2) is 0 Å². The molecule has 0 saturated carbocycles. The Morgan fingerprint density at radius 3 is 2.12 bits per heavy atom. The molecule has 0 saturated heterocycles. The van der Waals surface area contributed by atoms with Crippen molar-refractivity contribution in [2.45, 2.75) is 17.9 Å². The van der Waals surface area contributed by atoms with Crippen LogP contribution in [0.4, 0.5) is 0 Å². The van der Waals surface area contributed by atoms with E-state index in [1.54, 1.807) is 0 Å². The molecule has 0 amide bonds. The van der Waals surface area contributed by atoms with Gasteiger partial charge in [0.2, 0.25) is 0 Å². The molecule has 0 fully saturated rings. The third-order valence-electron chi connectivity index (χ3n) is 0.663. The molecule has 0 radical (unpaired) electrons. The van der Waals surface area contributed by atoms with Gasteiger partial charge < -0.3 is 0 Å². The zero-order valence-electron chi connectivity index (χ0n) is 4.27. The van der Waals surface area contributed by atoms with E-state index in [1.807, 2.05) is 6.92 Å². The first kappa shape index (κ1) is 9.29. The van der Waals surface area contributed by atoms with Gasteiger partial charge in [-0.15, -0.1) is 0 Å². The van der Waals surface area contributed by atoms with E-state index in [1.165, 1.54) is 0 Å². The van der Waals surface area contributed by atoms with E-state index >= 15 is 0 Å². The molecule has 0 aromatic carbocycles. The van der Waals surface area contributed by atoms with Crippen LogP contribution in [0.15, 0.2) is 0 Å². The van der Waals surface area contributed by atoms with Crippen LogP contribution in [0.5, 0.6) is 0 Å². The van der Waals surface area contributed by atoms with Gasteiger partial charge in [-0.3, -0.25) is 4.57 Å². The van der Waals surface area contributed by atoms with Crippen molar-refractivity contribution in [2.24, 2.45) is 0 Å². The lowest BCUT2D eigenvalue weighted by Gasteiger charge is -2.04. The average Bonchev–Trinajstić information content (AvgIpc) is 1.62. The highest BCUT2D eigenvalue weighted by molar-refractivity contribution is 9.11. The smallest absolute Gasteiger partial charge is 0.266 e. The van der Waals surface area contributed by atoms with Crippen LogP contribution >= 0.6 is 44.3 Å². The lowest BCUT2D eigenvalue weighted by molar-refractivity contribution is 0.590. The summed E-state index contributed by atoms with van der Waals surface area (Å²) < 4.78 is 10.4. The molecule has 1 atom stereocenters. The molecule has 1 unspecified atom stereocenters. The van der Waals surface area contributed by atoms with Crippen molar-refractivity contribution < 1.29 is 4.57 Å². The summed E-state index contributed by atoms with van der Waals surface area (Å²) in [5, 5.41) is 0. The second-order valence-corrected chi connectivity index (χ2v) is 8.32. The van der Waals surface area contributed by atoms with Crippen molar-refractivity contribution in [3.05, 3.63) is 0 Å². The van der Waals surface area contributed by atoms with Gasteiger partial charge in [-0.05, 0) is 28.9 Å². The molecular weight excluding hydrogens is 234 g/mol. The van der Waals surface area contributed by atoms with Gasteiger partial charge in [0.05, 0.1) is 4.57 Å². The minimum atomic E-state index is -2.90. The van der Waals surface area contributed by atoms with Crippen molar-refractivity contribution in [1.29, 1.82) is 0 Å². The van der Waals surface area contributed by atoms with E-state index in [9.17, 15) is 4.57 Å². The molecule has 0 heterocycles. The van der Waals surface area contributed by atoms with Crippen molar-refractivity contribution in [2.75, 3.05) is 0 Å². The molecule has 0 aliphatic heterocycles. The SMILES string of the molecule is CCC(Br)P(=O)(Cl)Cl. The Bertz CT molecular complexity index is 112. The first-order valence-corrected chi connectivity index (χ1v) is 6.61. The largest absolute Gasteiger partial charge is 0.288 e. The van der Waals surface area contributed by atoms with E-state index in [-0.39, 0.29) is 4.57 Å². The van der Waals surface area contributed by atoms with E-state index in [4.69, 9.17) is 22.5 Å². The van der Waals surface area contributed by atoms with E-state index in [2.05, 4.69) is 15.9 Å². The van der Waals surface area contributed by atoms with Gasteiger partial charge in [0.25, 0.3) is 5.85 Å². The number of hydrogen-bond acceptors (Lipinski definition) is 1. The number of alkyl halides is 1. The predicted molar refractivity (Wildman–Crippen MR) is 42.3 cm³/mol. The van der Waals surface area contributed by atoms with Crippen molar-refractivity contribution in [1.82, 2.24) is 0 Å². The molecule has 0 aliphatic carbocycles. The Balaban J connectivity index is 3.82. The highest BCUT2D eigenvalue weighted by Crippen LogP contribution is 2.63. The van der Waals surface area contributed by atoms with Gasteiger partial charge in [0.15, 0.2) is 0 Å². The predicted octanol–water partition coefficient (Wildman–Crippen LogP) is 3.79. The van der Waals surface area contributed by atoms with Crippen LogP contribution < -0.4 is 0 Å². The maximum absolute atomic E-state index is 10.6. The lowest BCUT2D eigenvalue weighted by atomic mass is 10.6. The van der Waals surface area contributed by atoms with Crippen LogP contribution in [-0.4, -0.2) is 4.57 Å². The molecule has 0 aliphatic rings. The van der Waals surface area contributed by atoms with Crippen LogP contribution in [0.1, 0.15) is 13.3 Å². The molecular formula is C3H6BrCl2OP. The summed E-state index contributed by atoms with van der Waals surface area (Å²) in [6.07, 6.45) is 0.685. The molecule has 1 nitrogen and oxygen atoms in total. The van der Waals surface area contributed by atoms with Crippen LogP contribution in [0.2, 0.25) is 0 Å². The molecule has 0 aromatic rings. The summed E-state index contributed by atoms with van der Waals surface area (Å²) in [4.78, 5) is 0. The van der Waals surface area contributed by atoms with Gasteiger partial charge in [0.1, 0.15) is 0 Å². The standard InChI is InChI=1S/C3H6BrCl2OP/c1-2-3(4)8(5,6)7/h3H,2H2,1H3. The van der Waals surface area contributed by atoms with Gasteiger partial charge in [-0.1, -0.05) is 22.9 Å². The second-order valence-electron chi connectivity index (χ2n) is 1.35. The van der Waals surface area contributed by atoms with E-state index in [0.29, 0.717) is 6.42 Å². The Labute approximate surface area is 66.8 Å². The normalized spacial score (nSPS) is 16.0. The summed E-state index contributed by atoms with van der Waals surface area (Å²) >= 11 is 13.6. The topological polar surface area (TPSA) is 17.1 Å². The minimum absolute atomic E-state index is 0.252. The fourth-order valence-corrected chi connectivity index (χ4v) is 1.47. The zero-order valence-corrected chi connectivity index (χ0v) is 8.27. The molecule has 5 heteroatoms. The van der Waals surface area contributed by atoms with Crippen LogP contribution in [0, 0.1) is 0 Å². The monoisotopic (exact) mass is 238 g/mol. The first-order valence-electron chi connectivity index (χ1n) is 2.11. The molecule has 0 aromatic heterocycles. The summed E-state index contributed by atoms with van der Waals surface area (Å²) in [5.74, 6) is -2.90. The number of rotatable bonds is 2. The highest BCUT2D eigenvalue weighted by atomic mass is 79.9. The number of hydrogen-bond donors (Lipinski definition) is 0. The fraction of sp³-hybridized carbons (Fsp3) is 1.00. The van der Waals surface area contributed by atoms with Gasteiger partial charge in [0, 0.05) is 0 Å². The lowest BCUT2D eigenvalue weighted by Crippen LogP contribution is -1.85. The zero-order chi connectivity index (χ0) is 6.78. The van der Waals surface area contributed by atoms with Crippen LogP contribution in [0.25, 0.3) is 0 Å². The summed E-state index contributed by atoms with van der Waals surface area (Å²) in [6, 6.07) is 0. The van der Waals surface area contributed by atoms with E-state index < -0.39 is 5.85 Å². The second kappa shape index (κ2) is 3.46. The van der Waals surface area contributed by atoms with Crippen molar-refractivity contribution in [3.8, 4) is 0 Å². The Kier molecular flexibility index (Phi) is 4.01. The maximum Gasteiger partial charge on any atom is 0.266 e. The van der Waals surface area contributed by atoms with E-state index in [0.717, 1.165) is 0 Å². The maximum atomic E-state index is 10.6. The molecule has 8 heavy (non-hydrogen) atoms. The van der Waals surface area contributed by atoms with Crippen LogP contribution in [-0.2, 0) is 4.57 Å². The third kappa shape index (κ3) is 3.34. The number of halogens is 3. The Hall–Kier alpha value is 1.29. The van der Waals surface area contributed by atoms with Crippen molar-refractivity contribution >= 4 is 44.3 Å².